The minimum atomic E-state index is -0.204. The lowest BCUT2D eigenvalue weighted by atomic mass is 10.2. The van der Waals surface area contributed by atoms with E-state index in [1.165, 1.54) is 0 Å². The smallest absolute Gasteiger partial charge is 0.277 e. The van der Waals surface area contributed by atoms with Crippen LogP contribution in [0.3, 0.4) is 0 Å². The van der Waals surface area contributed by atoms with E-state index in [1.54, 1.807) is 6.20 Å². The number of carbonyl (C=O) groups excluding carboxylic acids is 1. The Bertz CT molecular complexity index is 1010. The summed E-state index contributed by atoms with van der Waals surface area (Å²) in [6, 6.07) is 13.8. The molecule has 5 rings (SSSR count). The van der Waals surface area contributed by atoms with Crippen molar-refractivity contribution in [2.75, 3.05) is 36.5 Å². The fourth-order valence-electron chi connectivity index (χ4n) is 4.05. The number of hydrogen-bond donors (Lipinski definition) is 1. The summed E-state index contributed by atoms with van der Waals surface area (Å²) in [4.78, 5) is 19.6. The van der Waals surface area contributed by atoms with Gasteiger partial charge in [0.1, 0.15) is 5.82 Å². The van der Waals surface area contributed by atoms with Crippen molar-refractivity contribution < 1.29 is 9.53 Å². The van der Waals surface area contributed by atoms with Crippen molar-refractivity contribution in [1.82, 2.24) is 14.8 Å². The Kier molecular flexibility index (Phi) is 4.73. The molecule has 1 N–H and O–H groups in total. The number of nitrogens with zero attached hydrogens (tertiary/aromatic N) is 4. The van der Waals surface area contributed by atoms with Gasteiger partial charge >= 0.3 is 0 Å². The van der Waals surface area contributed by atoms with Gasteiger partial charge in [0, 0.05) is 24.3 Å². The molecule has 0 saturated carbocycles. The molecule has 3 heterocycles. The van der Waals surface area contributed by atoms with Gasteiger partial charge in [-0.2, -0.15) is 5.10 Å². The van der Waals surface area contributed by atoms with Gasteiger partial charge in [-0.15, -0.1) is 0 Å². The molecule has 0 atom stereocenters. The molecule has 3 aromatic rings. The zero-order valence-electron chi connectivity index (χ0n) is 16.2. The molecule has 1 amide bonds. The molecule has 1 saturated heterocycles. The predicted molar refractivity (Wildman–Crippen MR) is 111 cm³/mol. The van der Waals surface area contributed by atoms with Crippen LogP contribution in [0.2, 0.25) is 0 Å². The molecule has 0 bridgehead atoms. The number of benzene rings is 1. The Morgan fingerprint density at radius 2 is 1.83 bits per heavy atom. The standard InChI is InChI=1S/C22H23N5O2/c28-22(24-20-10-9-17(15-23-20)26-11-13-29-14-12-26)21-18-7-4-8-19(18)27(25-21)16-5-2-1-3-6-16/h1-3,5-6,9-10,15H,4,7-8,11-14H2,(H,23,24,28). The summed E-state index contributed by atoms with van der Waals surface area (Å²) in [6.07, 6.45) is 4.67. The number of aromatic nitrogens is 3. The highest BCUT2D eigenvalue weighted by atomic mass is 16.5. The SMILES string of the molecule is O=C(Nc1ccc(N2CCOCC2)cn1)c1nn(-c2ccccc2)c2c1CCC2. The number of para-hydroxylation sites is 1. The van der Waals surface area contributed by atoms with Crippen LogP contribution in [0.15, 0.2) is 48.7 Å². The molecular formula is C22H23N5O2. The quantitative estimate of drug-likeness (QED) is 0.743. The van der Waals surface area contributed by atoms with Gasteiger partial charge in [-0.05, 0) is 43.5 Å². The number of pyridine rings is 1. The van der Waals surface area contributed by atoms with Crippen LogP contribution in [0.25, 0.3) is 5.69 Å². The molecule has 1 aromatic carbocycles. The average Bonchev–Trinajstić information content (AvgIpc) is 3.38. The van der Waals surface area contributed by atoms with E-state index in [4.69, 9.17) is 4.74 Å². The number of rotatable bonds is 4. The Morgan fingerprint density at radius 3 is 2.59 bits per heavy atom. The number of hydrogen-bond acceptors (Lipinski definition) is 5. The Morgan fingerprint density at radius 1 is 1.00 bits per heavy atom. The van der Waals surface area contributed by atoms with Crippen LogP contribution in [0.5, 0.6) is 0 Å². The van der Waals surface area contributed by atoms with Crippen molar-refractivity contribution in [2.24, 2.45) is 0 Å². The Hall–Kier alpha value is -3.19. The fourth-order valence-corrected chi connectivity index (χ4v) is 4.05. The van der Waals surface area contributed by atoms with Crippen LogP contribution >= 0.6 is 0 Å². The van der Waals surface area contributed by atoms with Gasteiger partial charge in [0.15, 0.2) is 5.69 Å². The molecule has 148 valence electrons. The first-order chi connectivity index (χ1) is 14.3. The van der Waals surface area contributed by atoms with Crippen LogP contribution in [0.1, 0.15) is 28.2 Å². The highest BCUT2D eigenvalue weighted by molar-refractivity contribution is 6.03. The summed E-state index contributed by atoms with van der Waals surface area (Å²) < 4.78 is 7.30. The third kappa shape index (κ3) is 3.49. The van der Waals surface area contributed by atoms with Crippen molar-refractivity contribution in [2.45, 2.75) is 19.3 Å². The molecule has 0 spiro atoms. The first-order valence-electron chi connectivity index (χ1n) is 10.1. The maximum absolute atomic E-state index is 13.0. The van der Waals surface area contributed by atoms with Crippen LogP contribution in [-0.2, 0) is 17.6 Å². The monoisotopic (exact) mass is 389 g/mol. The number of nitrogens with one attached hydrogen (secondary N) is 1. The van der Waals surface area contributed by atoms with Gasteiger partial charge in [-0.25, -0.2) is 9.67 Å². The molecule has 7 nitrogen and oxygen atoms in total. The van der Waals surface area contributed by atoms with Crippen molar-refractivity contribution in [3.8, 4) is 5.69 Å². The molecule has 1 aliphatic heterocycles. The summed E-state index contributed by atoms with van der Waals surface area (Å²) in [5.74, 6) is 0.331. The van der Waals surface area contributed by atoms with Crippen LogP contribution in [0, 0.1) is 0 Å². The maximum Gasteiger partial charge on any atom is 0.277 e. The van der Waals surface area contributed by atoms with Crippen LogP contribution in [0.4, 0.5) is 11.5 Å². The highest BCUT2D eigenvalue weighted by Gasteiger charge is 2.27. The molecule has 1 aliphatic carbocycles. The summed E-state index contributed by atoms with van der Waals surface area (Å²) in [6.45, 7) is 3.17. The zero-order valence-corrected chi connectivity index (χ0v) is 16.2. The first-order valence-corrected chi connectivity index (χ1v) is 10.1. The molecule has 2 aliphatic rings. The van der Waals surface area contributed by atoms with Gasteiger partial charge in [-0.1, -0.05) is 18.2 Å². The number of anilines is 2. The van der Waals surface area contributed by atoms with Gasteiger partial charge < -0.3 is 15.0 Å². The second-order valence-corrected chi connectivity index (χ2v) is 7.33. The van der Waals surface area contributed by atoms with Crippen molar-refractivity contribution in [3.63, 3.8) is 0 Å². The zero-order chi connectivity index (χ0) is 19.6. The minimum Gasteiger partial charge on any atom is -0.378 e. The van der Waals surface area contributed by atoms with Gasteiger partial charge in [0.05, 0.1) is 30.8 Å². The number of ether oxygens (including phenoxy) is 1. The highest BCUT2D eigenvalue weighted by Crippen LogP contribution is 2.28. The normalized spacial score (nSPS) is 15.9. The molecule has 1 fully saturated rings. The van der Waals surface area contributed by atoms with Crippen molar-refractivity contribution in [3.05, 3.63) is 65.6 Å². The molecule has 29 heavy (non-hydrogen) atoms. The van der Waals surface area contributed by atoms with Gasteiger partial charge in [0.25, 0.3) is 5.91 Å². The van der Waals surface area contributed by atoms with Gasteiger partial charge in [-0.3, -0.25) is 4.79 Å². The number of carbonyl (C=O) groups is 1. The molecular weight excluding hydrogens is 366 g/mol. The molecule has 0 unspecified atom stereocenters. The second kappa shape index (κ2) is 7.67. The van der Waals surface area contributed by atoms with E-state index < -0.39 is 0 Å². The number of amides is 1. The van der Waals surface area contributed by atoms with Gasteiger partial charge in [0.2, 0.25) is 0 Å². The van der Waals surface area contributed by atoms with Crippen LogP contribution in [-0.4, -0.2) is 47.0 Å². The summed E-state index contributed by atoms with van der Waals surface area (Å²) in [7, 11) is 0. The second-order valence-electron chi connectivity index (χ2n) is 7.33. The maximum atomic E-state index is 13.0. The van der Waals surface area contributed by atoms with Crippen molar-refractivity contribution in [1.29, 1.82) is 0 Å². The average molecular weight is 389 g/mol. The van der Waals surface area contributed by atoms with E-state index in [9.17, 15) is 4.79 Å². The predicted octanol–water partition coefficient (Wildman–Crippen LogP) is 2.84. The summed E-state index contributed by atoms with van der Waals surface area (Å²) in [5, 5.41) is 7.56. The fraction of sp³-hybridized carbons (Fsp3) is 0.318. The topological polar surface area (TPSA) is 72.3 Å². The summed E-state index contributed by atoms with van der Waals surface area (Å²) in [5.41, 5.74) is 4.71. The minimum absolute atomic E-state index is 0.204. The van der Waals surface area contributed by atoms with E-state index >= 15 is 0 Å². The first kappa shape index (κ1) is 17.9. The van der Waals surface area contributed by atoms with E-state index in [2.05, 4.69) is 20.3 Å². The van der Waals surface area contributed by atoms with Crippen LogP contribution < -0.4 is 10.2 Å². The third-order valence-electron chi connectivity index (χ3n) is 5.51. The number of fused-ring (bicyclic) bond motifs is 1. The lowest BCUT2D eigenvalue weighted by Crippen LogP contribution is -2.36. The summed E-state index contributed by atoms with van der Waals surface area (Å²) >= 11 is 0. The van der Waals surface area contributed by atoms with E-state index in [0.717, 1.165) is 68.2 Å². The lowest BCUT2D eigenvalue weighted by molar-refractivity contribution is 0.102. The Labute approximate surface area is 169 Å². The molecule has 2 aromatic heterocycles. The Balaban J connectivity index is 1.36. The largest absolute Gasteiger partial charge is 0.378 e. The lowest BCUT2D eigenvalue weighted by Gasteiger charge is -2.28. The van der Waals surface area contributed by atoms with Crippen molar-refractivity contribution >= 4 is 17.4 Å². The van der Waals surface area contributed by atoms with E-state index in [0.29, 0.717) is 11.5 Å². The number of morpholine rings is 1. The van der Waals surface area contributed by atoms with E-state index in [-0.39, 0.29) is 5.91 Å². The molecule has 7 heteroatoms. The molecule has 0 radical (unpaired) electrons. The van der Waals surface area contributed by atoms with E-state index in [1.807, 2.05) is 47.1 Å². The third-order valence-corrected chi connectivity index (χ3v) is 5.51.